The highest BCUT2D eigenvalue weighted by atomic mass is 16.5. The lowest BCUT2D eigenvalue weighted by Gasteiger charge is -2.39. The predicted octanol–water partition coefficient (Wildman–Crippen LogP) is 4.27. The van der Waals surface area contributed by atoms with Crippen LogP contribution in [0.3, 0.4) is 0 Å². The average molecular weight is 381 g/mol. The topological polar surface area (TPSA) is 32.8 Å². The quantitative estimate of drug-likeness (QED) is 0.672. The molecule has 0 aliphatic carbocycles. The van der Waals surface area contributed by atoms with Crippen LogP contribution in [0.15, 0.2) is 48.5 Å². The van der Waals surface area contributed by atoms with Crippen LogP contribution in [-0.2, 0) is 10.3 Å². The summed E-state index contributed by atoms with van der Waals surface area (Å²) < 4.78 is 5.44. The van der Waals surface area contributed by atoms with Crippen molar-refractivity contribution in [1.82, 2.24) is 4.90 Å². The normalized spacial score (nSPS) is 16.8. The average Bonchev–Trinajstić information content (AvgIpc) is 2.73. The first-order valence-corrected chi connectivity index (χ1v) is 10.2. The molecule has 0 bridgehead atoms. The fourth-order valence-electron chi connectivity index (χ4n) is 4.15. The van der Waals surface area contributed by atoms with Gasteiger partial charge in [0, 0.05) is 24.3 Å². The SMILES string of the molecule is CCCC(C(=O)c1ccc(N2CCOCC2)cc1)(c1ccc(C)cc1)N(C)C. The summed E-state index contributed by atoms with van der Waals surface area (Å²) in [6, 6.07) is 16.5. The van der Waals surface area contributed by atoms with Gasteiger partial charge in [-0.1, -0.05) is 43.2 Å². The van der Waals surface area contributed by atoms with E-state index >= 15 is 0 Å². The number of aryl methyl sites for hydroxylation is 1. The Hall–Kier alpha value is -2.17. The van der Waals surface area contributed by atoms with Gasteiger partial charge in [0.1, 0.15) is 5.54 Å². The van der Waals surface area contributed by atoms with Gasteiger partial charge in [-0.05, 0) is 57.3 Å². The number of nitrogens with zero attached hydrogens (tertiary/aromatic N) is 2. The van der Waals surface area contributed by atoms with Crippen LogP contribution in [0.4, 0.5) is 5.69 Å². The monoisotopic (exact) mass is 380 g/mol. The van der Waals surface area contributed by atoms with Gasteiger partial charge in [-0.3, -0.25) is 9.69 Å². The molecule has 0 N–H and O–H groups in total. The number of carbonyl (C=O) groups excluding carboxylic acids is 1. The Morgan fingerprint density at radius 3 is 2.18 bits per heavy atom. The van der Waals surface area contributed by atoms with E-state index in [1.807, 2.05) is 26.2 Å². The number of hydrogen-bond donors (Lipinski definition) is 0. The zero-order chi connectivity index (χ0) is 20.1. The van der Waals surface area contributed by atoms with Crippen molar-refractivity contribution in [3.63, 3.8) is 0 Å². The molecule has 28 heavy (non-hydrogen) atoms. The molecule has 1 fully saturated rings. The van der Waals surface area contributed by atoms with Crippen molar-refractivity contribution >= 4 is 11.5 Å². The van der Waals surface area contributed by atoms with Crippen molar-refractivity contribution in [2.24, 2.45) is 0 Å². The Balaban J connectivity index is 1.95. The molecular weight excluding hydrogens is 348 g/mol. The molecule has 0 saturated carbocycles. The van der Waals surface area contributed by atoms with E-state index in [2.05, 4.69) is 60.0 Å². The van der Waals surface area contributed by atoms with E-state index in [0.29, 0.717) is 0 Å². The number of hydrogen-bond acceptors (Lipinski definition) is 4. The van der Waals surface area contributed by atoms with E-state index in [1.165, 1.54) is 5.56 Å². The van der Waals surface area contributed by atoms with E-state index in [4.69, 9.17) is 4.74 Å². The van der Waals surface area contributed by atoms with Crippen LogP contribution in [0.1, 0.15) is 41.3 Å². The molecule has 150 valence electrons. The lowest BCUT2D eigenvalue weighted by Crippen LogP contribution is -2.48. The third-order valence-electron chi connectivity index (χ3n) is 5.79. The highest BCUT2D eigenvalue weighted by Gasteiger charge is 2.41. The molecule has 1 saturated heterocycles. The van der Waals surface area contributed by atoms with E-state index in [1.54, 1.807) is 0 Å². The van der Waals surface area contributed by atoms with Gasteiger partial charge < -0.3 is 9.64 Å². The van der Waals surface area contributed by atoms with Gasteiger partial charge in [0.05, 0.1) is 13.2 Å². The zero-order valence-corrected chi connectivity index (χ0v) is 17.6. The van der Waals surface area contributed by atoms with Crippen LogP contribution >= 0.6 is 0 Å². The first-order valence-electron chi connectivity index (χ1n) is 10.2. The number of rotatable bonds is 7. The number of anilines is 1. The molecule has 0 amide bonds. The third kappa shape index (κ3) is 3.98. The Bertz CT molecular complexity index is 777. The fourth-order valence-corrected chi connectivity index (χ4v) is 4.15. The first kappa shape index (κ1) is 20.6. The molecule has 1 aliphatic rings. The van der Waals surface area contributed by atoms with Crippen molar-refractivity contribution in [3.05, 3.63) is 65.2 Å². The number of Topliss-reactive ketones (excluding diaryl/α,β-unsaturated/α-hetero) is 1. The lowest BCUT2D eigenvalue weighted by atomic mass is 9.78. The van der Waals surface area contributed by atoms with Gasteiger partial charge in [0.2, 0.25) is 0 Å². The van der Waals surface area contributed by atoms with Crippen molar-refractivity contribution in [3.8, 4) is 0 Å². The molecule has 0 spiro atoms. The van der Waals surface area contributed by atoms with Gasteiger partial charge in [0.25, 0.3) is 0 Å². The van der Waals surface area contributed by atoms with Crippen LogP contribution in [0.25, 0.3) is 0 Å². The summed E-state index contributed by atoms with van der Waals surface area (Å²) in [4.78, 5) is 18.2. The molecule has 2 aromatic rings. The van der Waals surface area contributed by atoms with Gasteiger partial charge in [-0.2, -0.15) is 0 Å². The van der Waals surface area contributed by atoms with Gasteiger partial charge >= 0.3 is 0 Å². The molecule has 1 aliphatic heterocycles. The van der Waals surface area contributed by atoms with Gasteiger partial charge in [0.15, 0.2) is 5.78 Å². The molecule has 4 nitrogen and oxygen atoms in total. The number of ether oxygens (including phenoxy) is 1. The predicted molar refractivity (Wildman–Crippen MR) is 115 cm³/mol. The lowest BCUT2D eigenvalue weighted by molar-refractivity contribution is 0.0644. The number of carbonyl (C=O) groups is 1. The third-order valence-corrected chi connectivity index (χ3v) is 5.79. The minimum absolute atomic E-state index is 0.164. The van der Waals surface area contributed by atoms with Gasteiger partial charge in [-0.25, -0.2) is 0 Å². The summed E-state index contributed by atoms with van der Waals surface area (Å²) in [5.41, 5.74) is 3.53. The van der Waals surface area contributed by atoms with E-state index < -0.39 is 5.54 Å². The summed E-state index contributed by atoms with van der Waals surface area (Å²) in [5, 5.41) is 0. The molecule has 1 atom stereocenters. The molecule has 0 aromatic heterocycles. The Kier molecular flexibility index (Phi) is 6.53. The number of morpholine rings is 1. The zero-order valence-electron chi connectivity index (χ0n) is 17.6. The molecule has 2 aromatic carbocycles. The molecule has 1 unspecified atom stereocenters. The van der Waals surface area contributed by atoms with Crippen LogP contribution in [-0.4, -0.2) is 51.1 Å². The number of ketones is 1. The highest BCUT2D eigenvalue weighted by Crippen LogP contribution is 2.36. The Morgan fingerprint density at radius 2 is 1.64 bits per heavy atom. The van der Waals surface area contributed by atoms with E-state index in [-0.39, 0.29) is 5.78 Å². The van der Waals surface area contributed by atoms with Crippen LogP contribution in [0, 0.1) is 6.92 Å². The summed E-state index contributed by atoms with van der Waals surface area (Å²) in [6.45, 7) is 7.53. The van der Waals surface area contributed by atoms with Crippen LogP contribution in [0.2, 0.25) is 0 Å². The molecule has 3 rings (SSSR count). The van der Waals surface area contributed by atoms with Crippen molar-refractivity contribution in [1.29, 1.82) is 0 Å². The second-order valence-corrected chi connectivity index (χ2v) is 7.85. The fraction of sp³-hybridized carbons (Fsp3) is 0.458. The summed E-state index contributed by atoms with van der Waals surface area (Å²) >= 11 is 0. The second-order valence-electron chi connectivity index (χ2n) is 7.85. The van der Waals surface area contributed by atoms with E-state index in [0.717, 1.165) is 56.0 Å². The smallest absolute Gasteiger partial charge is 0.187 e. The molecular formula is C24H32N2O2. The molecule has 4 heteroatoms. The van der Waals surface area contributed by atoms with E-state index in [9.17, 15) is 4.79 Å². The van der Waals surface area contributed by atoms with Crippen LogP contribution < -0.4 is 4.90 Å². The second kappa shape index (κ2) is 8.89. The highest BCUT2D eigenvalue weighted by molar-refractivity contribution is 6.04. The summed E-state index contributed by atoms with van der Waals surface area (Å²) in [7, 11) is 4.02. The maximum absolute atomic E-state index is 13.8. The Morgan fingerprint density at radius 1 is 1.04 bits per heavy atom. The number of benzene rings is 2. The number of likely N-dealkylation sites (N-methyl/N-ethyl adjacent to an activating group) is 1. The van der Waals surface area contributed by atoms with Crippen molar-refractivity contribution in [2.75, 3.05) is 45.3 Å². The Labute approximate surface area is 169 Å². The molecule has 1 heterocycles. The minimum Gasteiger partial charge on any atom is -0.378 e. The minimum atomic E-state index is -0.650. The summed E-state index contributed by atoms with van der Waals surface area (Å²) in [6.07, 6.45) is 1.72. The van der Waals surface area contributed by atoms with Gasteiger partial charge in [-0.15, -0.1) is 0 Å². The van der Waals surface area contributed by atoms with Crippen molar-refractivity contribution < 1.29 is 9.53 Å². The van der Waals surface area contributed by atoms with Crippen LogP contribution in [0.5, 0.6) is 0 Å². The maximum Gasteiger partial charge on any atom is 0.187 e. The van der Waals surface area contributed by atoms with Crippen molar-refractivity contribution in [2.45, 2.75) is 32.2 Å². The summed E-state index contributed by atoms with van der Waals surface area (Å²) in [5.74, 6) is 0.164. The molecule has 0 radical (unpaired) electrons. The largest absolute Gasteiger partial charge is 0.378 e. The standard InChI is InChI=1S/C24H32N2O2/c1-5-14-24(25(3)4,21-10-6-19(2)7-11-21)23(27)20-8-12-22(13-9-20)26-15-17-28-18-16-26/h6-13H,5,14-18H2,1-4H3. The first-order chi connectivity index (χ1) is 13.5. The maximum atomic E-state index is 13.8.